The number of hydrogen-bond acceptors (Lipinski definition) is 4. The number of alkyl halides is 3. The molecule has 1 amide bonds. The van der Waals surface area contributed by atoms with Crippen LogP contribution in [0.15, 0.2) is 42.6 Å². The van der Waals surface area contributed by atoms with Crippen molar-refractivity contribution in [2.45, 2.75) is 39.4 Å². The second kappa shape index (κ2) is 8.30. The SMILES string of the molecule is Cc1cccnc1-c1ccc2nc(N)c(CC(C)C(=O)N[C@H](C)C(F)(F)F)cc2c1. The Hall–Kier alpha value is -3.16. The molecule has 0 saturated carbocycles. The molecule has 30 heavy (non-hydrogen) atoms. The van der Waals surface area contributed by atoms with Crippen LogP contribution < -0.4 is 11.1 Å². The highest BCUT2D eigenvalue weighted by Crippen LogP contribution is 2.27. The lowest BCUT2D eigenvalue weighted by Gasteiger charge is -2.20. The molecule has 3 N–H and O–H groups in total. The Balaban J connectivity index is 1.86. The minimum absolute atomic E-state index is 0.179. The summed E-state index contributed by atoms with van der Waals surface area (Å²) >= 11 is 0. The number of carbonyl (C=O) groups excluding carboxylic acids is 1. The van der Waals surface area contributed by atoms with E-state index < -0.39 is 24.0 Å². The average molecular weight is 416 g/mol. The fourth-order valence-corrected chi connectivity index (χ4v) is 3.19. The van der Waals surface area contributed by atoms with E-state index in [4.69, 9.17) is 5.73 Å². The predicted octanol–water partition coefficient (Wildman–Crippen LogP) is 4.43. The van der Waals surface area contributed by atoms with Gasteiger partial charge >= 0.3 is 6.18 Å². The Kier molecular flexibility index (Phi) is 5.96. The van der Waals surface area contributed by atoms with Gasteiger partial charge < -0.3 is 11.1 Å². The van der Waals surface area contributed by atoms with Crippen molar-refractivity contribution in [3.05, 3.63) is 53.7 Å². The molecule has 3 aromatic rings. The van der Waals surface area contributed by atoms with Crippen LogP contribution in [-0.2, 0) is 11.2 Å². The third-order valence-electron chi connectivity index (χ3n) is 5.03. The van der Waals surface area contributed by atoms with E-state index in [2.05, 4.69) is 9.97 Å². The summed E-state index contributed by atoms with van der Waals surface area (Å²) in [4.78, 5) is 21.0. The summed E-state index contributed by atoms with van der Waals surface area (Å²) in [5, 5.41) is 2.82. The van der Waals surface area contributed by atoms with Gasteiger partial charge in [-0.2, -0.15) is 13.2 Å². The molecule has 3 rings (SSSR count). The zero-order valence-corrected chi connectivity index (χ0v) is 16.9. The van der Waals surface area contributed by atoms with Crippen LogP contribution in [0, 0.1) is 12.8 Å². The first-order chi connectivity index (χ1) is 14.1. The van der Waals surface area contributed by atoms with Crippen LogP contribution in [0.3, 0.4) is 0 Å². The lowest BCUT2D eigenvalue weighted by molar-refractivity contribution is -0.159. The van der Waals surface area contributed by atoms with Crippen LogP contribution in [0.5, 0.6) is 0 Å². The number of nitrogens with one attached hydrogen (secondary N) is 1. The smallest absolute Gasteiger partial charge is 0.383 e. The molecule has 0 saturated heterocycles. The number of nitrogens with two attached hydrogens (primary N) is 1. The highest BCUT2D eigenvalue weighted by Gasteiger charge is 2.37. The molecule has 0 radical (unpaired) electrons. The number of aromatic nitrogens is 2. The third kappa shape index (κ3) is 4.69. The van der Waals surface area contributed by atoms with E-state index >= 15 is 0 Å². The first kappa shape index (κ1) is 21.5. The van der Waals surface area contributed by atoms with Gasteiger partial charge in [0.15, 0.2) is 0 Å². The number of rotatable bonds is 5. The van der Waals surface area contributed by atoms with Gasteiger partial charge in [-0.3, -0.25) is 9.78 Å². The minimum Gasteiger partial charge on any atom is -0.383 e. The molecule has 2 aromatic heterocycles. The maximum absolute atomic E-state index is 12.7. The van der Waals surface area contributed by atoms with Crippen LogP contribution in [0.25, 0.3) is 22.2 Å². The van der Waals surface area contributed by atoms with Crippen molar-refractivity contribution < 1.29 is 18.0 Å². The molecule has 0 fully saturated rings. The number of anilines is 1. The number of nitrogen functional groups attached to an aromatic ring is 1. The summed E-state index contributed by atoms with van der Waals surface area (Å²) in [6.07, 6.45) is -2.58. The Morgan fingerprint density at radius 3 is 2.60 bits per heavy atom. The monoisotopic (exact) mass is 416 g/mol. The molecular weight excluding hydrogens is 393 g/mol. The number of amides is 1. The number of halogens is 3. The van der Waals surface area contributed by atoms with Crippen LogP contribution in [0.2, 0.25) is 0 Å². The van der Waals surface area contributed by atoms with Crippen molar-refractivity contribution in [3.63, 3.8) is 0 Å². The summed E-state index contributed by atoms with van der Waals surface area (Å²) in [6, 6.07) is 9.46. The maximum atomic E-state index is 12.7. The van der Waals surface area contributed by atoms with Gasteiger partial charge in [0, 0.05) is 23.1 Å². The molecule has 1 unspecified atom stereocenters. The highest BCUT2D eigenvalue weighted by molar-refractivity contribution is 5.86. The molecule has 0 bridgehead atoms. The standard InChI is InChI=1S/C22H23F3N4O/c1-12-5-4-8-27-19(12)15-6-7-18-16(10-15)11-17(20(26)29-18)9-13(2)21(30)28-14(3)22(23,24)25/h4-8,10-11,13-14H,9H2,1-3H3,(H2,26,29)(H,28,30)/t13?,14-/m1/s1. The maximum Gasteiger partial charge on any atom is 0.408 e. The zero-order chi connectivity index (χ0) is 22.1. The molecule has 0 aliphatic rings. The van der Waals surface area contributed by atoms with E-state index in [1.54, 1.807) is 13.1 Å². The van der Waals surface area contributed by atoms with Gasteiger partial charge in [0.25, 0.3) is 0 Å². The fourth-order valence-electron chi connectivity index (χ4n) is 3.19. The van der Waals surface area contributed by atoms with Crippen LogP contribution >= 0.6 is 0 Å². The Bertz CT molecular complexity index is 1080. The average Bonchev–Trinajstić information content (AvgIpc) is 2.67. The van der Waals surface area contributed by atoms with Crippen molar-refractivity contribution in [2.75, 3.05) is 5.73 Å². The topological polar surface area (TPSA) is 80.9 Å². The van der Waals surface area contributed by atoms with Crippen molar-refractivity contribution in [1.29, 1.82) is 0 Å². The van der Waals surface area contributed by atoms with Gasteiger partial charge in [-0.25, -0.2) is 4.98 Å². The van der Waals surface area contributed by atoms with E-state index in [-0.39, 0.29) is 12.2 Å². The van der Waals surface area contributed by atoms with Crippen molar-refractivity contribution in [1.82, 2.24) is 15.3 Å². The molecule has 1 aromatic carbocycles. The fraction of sp³-hybridized carbons (Fsp3) is 0.318. The van der Waals surface area contributed by atoms with Gasteiger partial charge in [-0.05, 0) is 55.7 Å². The van der Waals surface area contributed by atoms with Crippen LogP contribution in [0.1, 0.15) is 25.0 Å². The van der Waals surface area contributed by atoms with Gasteiger partial charge in [0.1, 0.15) is 11.9 Å². The van der Waals surface area contributed by atoms with Crippen LogP contribution in [0.4, 0.5) is 19.0 Å². The molecule has 8 heteroatoms. The minimum atomic E-state index is -4.49. The Morgan fingerprint density at radius 2 is 1.93 bits per heavy atom. The largest absolute Gasteiger partial charge is 0.408 e. The van der Waals surface area contributed by atoms with Gasteiger partial charge in [0.2, 0.25) is 5.91 Å². The first-order valence-electron chi connectivity index (χ1n) is 9.54. The molecular formula is C22H23F3N4O. The zero-order valence-electron chi connectivity index (χ0n) is 16.9. The number of benzene rings is 1. The Morgan fingerprint density at radius 1 is 1.20 bits per heavy atom. The number of hydrogen-bond donors (Lipinski definition) is 2. The molecule has 2 atom stereocenters. The van der Waals surface area contributed by atoms with Crippen LogP contribution in [-0.4, -0.2) is 28.1 Å². The summed E-state index contributed by atoms with van der Waals surface area (Å²) in [6.45, 7) is 4.45. The molecule has 0 spiro atoms. The highest BCUT2D eigenvalue weighted by atomic mass is 19.4. The second-order valence-corrected chi connectivity index (χ2v) is 7.49. The van der Waals surface area contributed by atoms with E-state index in [1.165, 1.54) is 0 Å². The molecule has 158 valence electrons. The molecule has 2 heterocycles. The molecule has 0 aliphatic heterocycles. The second-order valence-electron chi connectivity index (χ2n) is 7.49. The predicted molar refractivity (Wildman–Crippen MR) is 111 cm³/mol. The number of pyridine rings is 2. The van der Waals surface area contributed by atoms with Crippen molar-refractivity contribution in [2.24, 2.45) is 5.92 Å². The lowest BCUT2D eigenvalue weighted by Crippen LogP contribution is -2.45. The lowest BCUT2D eigenvalue weighted by atomic mass is 9.98. The molecule has 5 nitrogen and oxygen atoms in total. The van der Waals surface area contributed by atoms with Crippen molar-refractivity contribution in [3.8, 4) is 11.3 Å². The van der Waals surface area contributed by atoms with Gasteiger partial charge in [0.05, 0.1) is 11.2 Å². The molecule has 0 aliphatic carbocycles. The summed E-state index contributed by atoms with van der Waals surface area (Å²) < 4.78 is 38.1. The van der Waals surface area contributed by atoms with E-state index in [9.17, 15) is 18.0 Å². The third-order valence-corrected chi connectivity index (χ3v) is 5.03. The Labute approximate surface area is 172 Å². The number of fused-ring (bicyclic) bond motifs is 1. The summed E-state index contributed by atoms with van der Waals surface area (Å²) in [5.41, 5.74) is 10.2. The van der Waals surface area contributed by atoms with Gasteiger partial charge in [-0.15, -0.1) is 0 Å². The summed E-state index contributed by atoms with van der Waals surface area (Å²) in [7, 11) is 0. The van der Waals surface area contributed by atoms with Crippen molar-refractivity contribution >= 4 is 22.6 Å². The number of nitrogens with zero attached hydrogens (tertiary/aromatic N) is 2. The normalized spacial score (nSPS) is 13.8. The quantitative estimate of drug-likeness (QED) is 0.645. The van der Waals surface area contributed by atoms with E-state index in [0.717, 1.165) is 29.1 Å². The first-order valence-corrected chi connectivity index (χ1v) is 9.54. The van der Waals surface area contributed by atoms with Gasteiger partial charge in [-0.1, -0.05) is 19.1 Å². The number of carbonyl (C=O) groups is 1. The van der Waals surface area contributed by atoms with E-state index in [0.29, 0.717) is 11.1 Å². The summed E-state index contributed by atoms with van der Waals surface area (Å²) in [5.74, 6) is -1.12. The number of aryl methyl sites for hydroxylation is 1. The van der Waals surface area contributed by atoms with E-state index in [1.807, 2.05) is 48.6 Å².